The fourth-order valence-corrected chi connectivity index (χ4v) is 2.50. The molecule has 2 N–H and O–H groups in total. The van der Waals surface area contributed by atoms with Gasteiger partial charge in [-0.05, 0) is 47.9 Å². The van der Waals surface area contributed by atoms with Gasteiger partial charge in [0.25, 0.3) is 0 Å². The van der Waals surface area contributed by atoms with Crippen molar-refractivity contribution in [1.29, 1.82) is 0 Å². The molecule has 3 aromatic rings. The number of ether oxygens (including phenoxy) is 1. The SMILES string of the molecule is COC(=O)c1ccc(C)c(-c2ccc3nc(NC(=O)O)cn3c2)c1.[Fe]. The van der Waals surface area contributed by atoms with Crippen LogP contribution in [0.3, 0.4) is 0 Å². The average molecular weight is 381 g/mol. The number of benzene rings is 1. The van der Waals surface area contributed by atoms with E-state index in [1.165, 1.54) is 7.11 Å². The van der Waals surface area contributed by atoms with Gasteiger partial charge in [0.15, 0.2) is 5.82 Å². The van der Waals surface area contributed by atoms with Gasteiger partial charge in [-0.2, -0.15) is 0 Å². The molecule has 0 aliphatic rings. The topological polar surface area (TPSA) is 92.9 Å². The molecule has 1 amide bonds. The molecular formula is C17H15FeN3O4. The summed E-state index contributed by atoms with van der Waals surface area (Å²) >= 11 is 0. The van der Waals surface area contributed by atoms with Gasteiger partial charge in [-0.1, -0.05) is 6.07 Å². The number of anilines is 1. The summed E-state index contributed by atoms with van der Waals surface area (Å²) in [5.74, 6) is -0.146. The molecule has 0 radical (unpaired) electrons. The van der Waals surface area contributed by atoms with E-state index in [1.807, 2.05) is 25.3 Å². The zero-order valence-electron chi connectivity index (χ0n) is 13.5. The third-order valence-corrected chi connectivity index (χ3v) is 3.66. The van der Waals surface area contributed by atoms with E-state index in [0.29, 0.717) is 11.2 Å². The molecule has 130 valence electrons. The zero-order valence-corrected chi connectivity index (χ0v) is 14.6. The van der Waals surface area contributed by atoms with Crippen molar-refractivity contribution < 1.29 is 36.5 Å². The second-order valence-electron chi connectivity index (χ2n) is 5.26. The van der Waals surface area contributed by atoms with Crippen molar-refractivity contribution >= 4 is 23.5 Å². The number of carbonyl (C=O) groups excluding carboxylic acids is 1. The van der Waals surface area contributed by atoms with E-state index >= 15 is 0 Å². The summed E-state index contributed by atoms with van der Waals surface area (Å²) in [6, 6.07) is 9.00. The molecule has 3 rings (SSSR count). The first-order chi connectivity index (χ1) is 11.5. The van der Waals surface area contributed by atoms with Crippen LogP contribution in [0.4, 0.5) is 10.6 Å². The van der Waals surface area contributed by atoms with Gasteiger partial charge in [0.1, 0.15) is 5.65 Å². The Morgan fingerprint density at radius 3 is 2.64 bits per heavy atom. The molecule has 0 atom stereocenters. The standard InChI is InChI=1S/C17H15N3O4.Fe/c1-10-3-4-11(16(21)24-2)7-13(10)12-5-6-15-18-14(19-17(22)23)9-20(15)8-12;/h3-9,19H,1-2H3,(H,22,23);. The quantitative estimate of drug-likeness (QED) is 0.537. The van der Waals surface area contributed by atoms with Crippen LogP contribution in [-0.2, 0) is 21.8 Å². The first-order valence-electron chi connectivity index (χ1n) is 7.16. The van der Waals surface area contributed by atoms with Crippen LogP contribution in [0.1, 0.15) is 15.9 Å². The summed E-state index contributed by atoms with van der Waals surface area (Å²) in [5, 5.41) is 11.0. The molecule has 1 aromatic carbocycles. The van der Waals surface area contributed by atoms with E-state index < -0.39 is 12.1 Å². The Hall–Kier alpha value is -2.83. The number of methoxy groups -OCH3 is 1. The Balaban J connectivity index is 0.00000225. The van der Waals surface area contributed by atoms with Crippen molar-refractivity contribution in [2.75, 3.05) is 12.4 Å². The number of nitrogens with one attached hydrogen (secondary N) is 1. The molecular weight excluding hydrogens is 366 g/mol. The molecule has 0 saturated carbocycles. The number of pyridine rings is 1. The summed E-state index contributed by atoms with van der Waals surface area (Å²) in [5.41, 5.74) is 3.86. The van der Waals surface area contributed by atoms with Crippen molar-refractivity contribution in [2.24, 2.45) is 0 Å². The van der Waals surface area contributed by atoms with Gasteiger partial charge in [-0.3, -0.25) is 5.32 Å². The monoisotopic (exact) mass is 381 g/mol. The molecule has 0 unspecified atom stereocenters. The Bertz CT molecular complexity index is 952. The summed E-state index contributed by atoms with van der Waals surface area (Å²) in [6.45, 7) is 1.95. The van der Waals surface area contributed by atoms with Crippen molar-refractivity contribution in [3.8, 4) is 11.1 Å². The van der Waals surface area contributed by atoms with Gasteiger partial charge < -0.3 is 14.2 Å². The molecule has 7 nitrogen and oxygen atoms in total. The van der Waals surface area contributed by atoms with Gasteiger partial charge in [-0.25, -0.2) is 14.6 Å². The Morgan fingerprint density at radius 2 is 1.96 bits per heavy atom. The molecule has 0 fully saturated rings. The number of carboxylic acid groups (broad SMARTS) is 1. The van der Waals surface area contributed by atoms with Crippen LogP contribution in [0, 0.1) is 6.92 Å². The number of hydrogen-bond acceptors (Lipinski definition) is 4. The van der Waals surface area contributed by atoms with E-state index in [0.717, 1.165) is 16.7 Å². The van der Waals surface area contributed by atoms with Crippen molar-refractivity contribution in [3.05, 3.63) is 53.9 Å². The molecule has 2 aromatic heterocycles. The van der Waals surface area contributed by atoms with E-state index in [9.17, 15) is 9.59 Å². The maximum Gasteiger partial charge on any atom is 0.410 e. The minimum atomic E-state index is -1.17. The first-order valence-corrected chi connectivity index (χ1v) is 7.16. The number of aromatic nitrogens is 2. The Morgan fingerprint density at radius 1 is 1.20 bits per heavy atom. The number of esters is 1. The molecule has 0 aliphatic heterocycles. The Labute approximate surface area is 154 Å². The van der Waals surface area contributed by atoms with Crippen molar-refractivity contribution in [3.63, 3.8) is 0 Å². The molecule has 2 heterocycles. The number of rotatable bonds is 3. The summed E-state index contributed by atoms with van der Waals surface area (Å²) < 4.78 is 6.49. The molecule has 25 heavy (non-hydrogen) atoms. The van der Waals surface area contributed by atoms with Crippen LogP contribution in [0.2, 0.25) is 0 Å². The Kier molecular flexibility index (Phi) is 5.46. The van der Waals surface area contributed by atoms with Gasteiger partial charge in [0.2, 0.25) is 0 Å². The third-order valence-electron chi connectivity index (χ3n) is 3.66. The smallest absolute Gasteiger partial charge is 0.410 e. The van der Waals surface area contributed by atoms with E-state index in [1.54, 1.807) is 28.8 Å². The van der Waals surface area contributed by atoms with E-state index in [4.69, 9.17) is 9.84 Å². The molecule has 0 spiro atoms. The fraction of sp³-hybridized carbons (Fsp3) is 0.118. The molecule has 0 saturated heterocycles. The number of nitrogens with zero attached hydrogens (tertiary/aromatic N) is 2. The van der Waals surface area contributed by atoms with Crippen LogP contribution < -0.4 is 5.32 Å². The van der Waals surface area contributed by atoms with E-state index in [2.05, 4.69) is 10.3 Å². The summed E-state index contributed by atoms with van der Waals surface area (Å²) in [4.78, 5) is 26.6. The van der Waals surface area contributed by atoms with Gasteiger partial charge >= 0.3 is 12.1 Å². The van der Waals surface area contributed by atoms with Crippen LogP contribution in [-0.4, -0.2) is 33.7 Å². The first kappa shape index (κ1) is 18.5. The van der Waals surface area contributed by atoms with Crippen molar-refractivity contribution in [1.82, 2.24) is 9.38 Å². The summed E-state index contributed by atoms with van der Waals surface area (Å²) in [6.07, 6.45) is 2.26. The second-order valence-corrected chi connectivity index (χ2v) is 5.26. The predicted molar refractivity (Wildman–Crippen MR) is 88.4 cm³/mol. The minimum absolute atomic E-state index is 0. The number of carbonyl (C=O) groups is 2. The largest absolute Gasteiger partial charge is 0.465 e. The fourth-order valence-electron chi connectivity index (χ4n) is 2.50. The second kappa shape index (κ2) is 7.38. The normalized spacial score (nSPS) is 10.2. The van der Waals surface area contributed by atoms with Crippen LogP contribution in [0.5, 0.6) is 0 Å². The number of hydrogen-bond donors (Lipinski definition) is 2. The maximum atomic E-state index is 11.7. The zero-order chi connectivity index (χ0) is 17.3. The number of aryl methyl sites for hydroxylation is 1. The number of fused-ring (bicyclic) bond motifs is 1. The van der Waals surface area contributed by atoms with E-state index in [-0.39, 0.29) is 22.9 Å². The van der Waals surface area contributed by atoms with Crippen LogP contribution in [0.25, 0.3) is 16.8 Å². The molecule has 8 heteroatoms. The third kappa shape index (κ3) is 3.81. The number of amides is 1. The van der Waals surface area contributed by atoms with Gasteiger partial charge in [0, 0.05) is 23.3 Å². The van der Waals surface area contributed by atoms with Gasteiger partial charge in [0.05, 0.1) is 18.9 Å². The number of imidazole rings is 1. The molecule has 0 bridgehead atoms. The predicted octanol–water partition coefficient (Wildman–Crippen LogP) is 3.18. The van der Waals surface area contributed by atoms with Gasteiger partial charge in [-0.15, -0.1) is 0 Å². The molecule has 0 aliphatic carbocycles. The van der Waals surface area contributed by atoms with Crippen molar-refractivity contribution in [2.45, 2.75) is 6.92 Å². The maximum absolute atomic E-state index is 11.7. The van der Waals surface area contributed by atoms with Crippen LogP contribution >= 0.6 is 0 Å². The average Bonchev–Trinajstić information content (AvgIpc) is 2.94. The summed E-state index contributed by atoms with van der Waals surface area (Å²) in [7, 11) is 1.34. The van der Waals surface area contributed by atoms with Crippen LogP contribution in [0.15, 0.2) is 42.7 Å². The minimum Gasteiger partial charge on any atom is -0.465 e.